The lowest BCUT2D eigenvalue weighted by Gasteiger charge is -2.12. The van der Waals surface area contributed by atoms with E-state index in [1.807, 2.05) is 0 Å². The average molecular weight is 389 g/mol. The summed E-state index contributed by atoms with van der Waals surface area (Å²) in [5.74, 6) is -0.133. The molecule has 1 saturated heterocycles. The Kier molecular flexibility index (Phi) is 4.27. The second-order valence-corrected chi connectivity index (χ2v) is 9.50. The van der Waals surface area contributed by atoms with Crippen molar-refractivity contribution in [3.63, 3.8) is 0 Å². The zero-order valence-corrected chi connectivity index (χ0v) is 13.6. The van der Waals surface area contributed by atoms with E-state index in [9.17, 15) is 16.8 Å². The first kappa shape index (κ1) is 15.2. The van der Waals surface area contributed by atoms with Crippen LogP contribution in [0.1, 0.15) is 6.42 Å². The van der Waals surface area contributed by atoms with Crippen LogP contribution in [0.15, 0.2) is 27.6 Å². The third-order valence-corrected chi connectivity index (χ3v) is 7.26. The van der Waals surface area contributed by atoms with Crippen LogP contribution >= 0.6 is 27.5 Å². The van der Waals surface area contributed by atoms with Gasteiger partial charge in [0.2, 0.25) is 10.0 Å². The number of hydrogen-bond acceptors (Lipinski definition) is 4. The molecule has 0 aromatic heterocycles. The minimum Gasteiger partial charge on any atom is -0.229 e. The molecule has 1 N–H and O–H groups in total. The van der Waals surface area contributed by atoms with Crippen LogP contribution in [0.25, 0.3) is 0 Å². The van der Waals surface area contributed by atoms with E-state index in [0.717, 1.165) is 0 Å². The molecule has 1 unspecified atom stereocenters. The number of halogens is 2. The van der Waals surface area contributed by atoms with Crippen LogP contribution in [0.4, 0.5) is 0 Å². The predicted octanol–water partition coefficient (Wildman–Crippen LogP) is 1.57. The summed E-state index contributed by atoms with van der Waals surface area (Å²) in [6.45, 7) is 0. The zero-order chi connectivity index (χ0) is 14.3. The monoisotopic (exact) mass is 387 g/mol. The maximum absolute atomic E-state index is 12.1. The van der Waals surface area contributed by atoms with Crippen molar-refractivity contribution in [3.05, 3.63) is 27.7 Å². The first-order valence-electron chi connectivity index (χ1n) is 5.37. The van der Waals surface area contributed by atoms with E-state index in [-0.39, 0.29) is 16.4 Å². The van der Waals surface area contributed by atoms with Gasteiger partial charge in [0.1, 0.15) is 0 Å². The number of benzene rings is 1. The molecule has 1 heterocycles. The Morgan fingerprint density at radius 1 is 1.37 bits per heavy atom. The smallest absolute Gasteiger partial charge is 0.229 e. The Hall–Kier alpha value is -0.150. The van der Waals surface area contributed by atoms with Crippen molar-refractivity contribution >= 4 is 47.4 Å². The van der Waals surface area contributed by atoms with Crippen LogP contribution in [-0.4, -0.2) is 34.4 Å². The van der Waals surface area contributed by atoms with Crippen LogP contribution in [0.5, 0.6) is 0 Å². The summed E-state index contributed by atoms with van der Waals surface area (Å²) in [4.78, 5) is 0.0491. The van der Waals surface area contributed by atoms with E-state index >= 15 is 0 Å². The van der Waals surface area contributed by atoms with E-state index < -0.39 is 25.9 Å². The van der Waals surface area contributed by atoms with Gasteiger partial charge in [0.05, 0.1) is 21.4 Å². The van der Waals surface area contributed by atoms with E-state index in [2.05, 4.69) is 20.7 Å². The summed E-state index contributed by atoms with van der Waals surface area (Å²) in [5.41, 5.74) is 0. The van der Waals surface area contributed by atoms with Crippen molar-refractivity contribution < 1.29 is 16.8 Å². The van der Waals surface area contributed by atoms with Gasteiger partial charge < -0.3 is 0 Å². The SMILES string of the molecule is O=S1(=O)CCC(NS(=O)(=O)c2ccc(Cl)c(Br)c2)C1. The van der Waals surface area contributed by atoms with Crippen molar-refractivity contribution in [2.75, 3.05) is 11.5 Å². The lowest BCUT2D eigenvalue weighted by molar-refractivity contribution is 0.562. The predicted molar refractivity (Wildman–Crippen MR) is 76.5 cm³/mol. The number of sulfonamides is 1. The average Bonchev–Trinajstić information content (AvgIpc) is 2.61. The van der Waals surface area contributed by atoms with Gasteiger partial charge in [-0.05, 0) is 40.5 Å². The van der Waals surface area contributed by atoms with Crippen molar-refractivity contribution in [2.24, 2.45) is 0 Å². The van der Waals surface area contributed by atoms with Gasteiger partial charge in [0.15, 0.2) is 9.84 Å². The molecule has 1 aromatic rings. The fourth-order valence-electron chi connectivity index (χ4n) is 1.82. The number of nitrogens with one attached hydrogen (secondary N) is 1. The van der Waals surface area contributed by atoms with Crippen molar-refractivity contribution in [2.45, 2.75) is 17.4 Å². The zero-order valence-electron chi connectivity index (χ0n) is 9.64. The highest BCUT2D eigenvalue weighted by atomic mass is 79.9. The van der Waals surface area contributed by atoms with Gasteiger partial charge in [-0.3, -0.25) is 0 Å². The molecule has 0 bridgehead atoms. The quantitative estimate of drug-likeness (QED) is 0.852. The normalized spacial score (nSPS) is 22.5. The molecule has 2 rings (SSSR count). The standard InChI is InChI=1S/C10H11BrClNO4S2/c11-9-5-8(1-2-10(9)12)19(16,17)13-7-3-4-18(14,15)6-7/h1-2,5,7,13H,3-4,6H2. The lowest BCUT2D eigenvalue weighted by Crippen LogP contribution is -2.35. The molecule has 106 valence electrons. The maximum atomic E-state index is 12.1. The van der Waals surface area contributed by atoms with Gasteiger partial charge in [-0.25, -0.2) is 21.6 Å². The molecule has 5 nitrogen and oxygen atoms in total. The van der Waals surface area contributed by atoms with Gasteiger partial charge >= 0.3 is 0 Å². The van der Waals surface area contributed by atoms with Crippen LogP contribution in [0, 0.1) is 0 Å². The van der Waals surface area contributed by atoms with Crippen LogP contribution in [-0.2, 0) is 19.9 Å². The molecule has 1 aliphatic rings. The molecule has 0 spiro atoms. The van der Waals surface area contributed by atoms with Crippen LogP contribution < -0.4 is 4.72 Å². The molecule has 19 heavy (non-hydrogen) atoms. The van der Waals surface area contributed by atoms with Crippen LogP contribution in [0.2, 0.25) is 5.02 Å². The minimum absolute atomic E-state index is 0.0184. The van der Waals surface area contributed by atoms with Gasteiger partial charge in [-0.1, -0.05) is 11.6 Å². The summed E-state index contributed by atoms with van der Waals surface area (Å²) >= 11 is 8.95. The van der Waals surface area contributed by atoms with Crippen LogP contribution in [0.3, 0.4) is 0 Å². The molecule has 1 fully saturated rings. The van der Waals surface area contributed by atoms with Crippen molar-refractivity contribution in [1.82, 2.24) is 4.72 Å². The summed E-state index contributed by atoms with van der Waals surface area (Å²) in [5, 5.41) is 0.405. The first-order valence-corrected chi connectivity index (χ1v) is 9.85. The number of sulfone groups is 1. The summed E-state index contributed by atoms with van der Waals surface area (Å²) in [7, 11) is -6.86. The first-order chi connectivity index (χ1) is 8.70. The van der Waals surface area contributed by atoms with Gasteiger partial charge in [0.25, 0.3) is 0 Å². The maximum Gasteiger partial charge on any atom is 0.240 e. The molecular formula is C10H11BrClNO4S2. The van der Waals surface area contributed by atoms with Crippen molar-refractivity contribution in [3.8, 4) is 0 Å². The highest BCUT2D eigenvalue weighted by Gasteiger charge is 2.31. The van der Waals surface area contributed by atoms with Gasteiger partial charge in [-0.2, -0.15) is 0 Å². The highest BCUT2D eigenvalue weighted by molar-refractivity contribution is 9.10. The fraction of sp³-hybridized carbons (Fsp3) is 0.400. The van der Waals surface area contributed by atoms with Gasteiger partial charge in [-0.15, -0.1) is 0 Å². The summed E-state index contributed by atoms with van der Waals surface area (Å²) in [6, 6.07) is 3.66. The summed E-state index contributed by atoms with van der Waals surface area (Å²) < 4.78 is 49.7. The second-order valence-electron chi connectivity index (χ2n) is 4.30. The molecule has 1 aromatic carbocycles. The Morgan fingerprint density at radius 2 is 2.05 bits per heavy atom. The molecule has 0 aliphatic carbocycles. The molecule has 9 heteroatoms. The molecule has 1 atom stereocenters. The van der Waals surface area contributed by atoms with E-state index in [1.165, 1.54) is 18.2 Å². The van der Waals surface area contributed by atoms with E-state index in [4.69, 9.17) is 11.6 Å². The third kappa shape index (κ3) is 3.69. The Morgan fingerprint density at radius 3 is 2.58 bits per heavy atom. The van der Waals surface area contributed by atoms with Crippen molar-refractivity contribution in [1.29, 1.82) is 0 Å². The van der Waals surface area contributed by atoms with E-state index in [1.54, 1.807) is 0 Å². The Bertz CT molecular complexity index is 702. The number of rotatable bonds is 3. The lowest BCUT2D eigenvalue weighted by atomic mass is 10.3. The van der Waals surface area contributed by atoms with E-state index in [0.29, 0.717) is 15.9 Å². The Balaban J connectivity index is 2.21. The molecule has 1 aliphatic heterocycles. The topological polar surface area (TPSA) is 80.3 Å². The summed E-state index contributed by atoms with van der Waals surface area (Å²) in [6.07, 6.45) is 0.302. The van der Waals surface area contributed by atoms with Gasteiger partial charge in [0, 0.05) is 10.5 Å². The molecular weight excluding hydrogens is 378 g/mol. The largest absolute Gasteiger partial charge is 0.240 e. The number of hydrogen-bond donors (Lipinski definition) is 1. The molecule has 0 saturated carbocycles. The second kappa shape index (κ2) is 5.33. The highest BCUT2D eigenvalue weighted by Crippen LogP contribution is 2.25. The third-order valence-electron chi connectivity index (χ3n) is 2.76. The minimum atomic E-state index is -3.74. The molecule has 0 radical (unpaired) electrons. The molecule has 0 amide bonds. The Labute approximate surface area is 125 Å². The fourth-order valence-corrected chi connectivity index (χ4v) is 5.54.